The first-order valence-electron chi connectivity index (χ1n) is 8.33. The number of rotatable bonds is 8. The van der Waals surface area contributed by atoms with Crippen molar-refractivity contribution in [3.05, 3.63) is 41.5 Å². The number of aliphatic hydroxyl groups is 1. The van der Waals surface area contributed by atoms with Gasteiger partial charge in [-0.25, -0.2) is 9.07 Å². The largest absolute Gasteiger partial charge is 0.393 e. The van der Waals surface area contributed by atoms with E-state index in [1.54, 1.807) is 19.1 Å². The highest BCUT2D eigenvalue weighted by Crippen LogP contribution is 2.16. The maximum Gasteiger partial charge on any atom is 0.245 e. The molecule has 2 atom stereocenters. The summed E-state index contributed by atoms with van der Waals surface area (Å²) in [5.41, 5.74) is 0.804. The van der Waals surface area contributed by atoms with Gasteiger partial charge in [0.25, 0.3) is 0 Å². The van der Waals surface area contributed by atoms with E-state index in [0.29, 0.717) is 25.2 Å². The predicted molar refractivity (Wildman–Crippen MR) is 90.2 cm³/mol. The van der Waals surface area contributed by atoms with Gasteiger partial charge in [0.2, 0.25) is 5.91 Å². The van der Waals surface area contributed by atoms with Gasteiger partial charge in [0.05, 0.1) is 6.10 Å². The summed E-state index contributed by atoms with van der Waals surface area (Å²) in [4.78, 5) is 12.6. The van der Waals surface area contributed by atoms with Crippen LogP contribution in [0.1, 0.15) is 37.7 Å². The number of nitrogens with zero attached hydrogens (tertiary/aromatic N) is 4. The second-order valence-corrected chi connectivity index (χ2v) is 6.41. The fourth-order valence-corrected chi connectivity index (χ4v) is 2.45. The molecule has 0 bridgehead atoms. The molecule has 0 aliphatic rings. The van der Waals surface area contributed by atoms with Crippen LogP contribution in [0, 0.1) is 18.7 Å². The van der Waals surface area contributed by atoms with E-state index in [-0.39, 0.29) is 17.6 Å². The number of tetrazole rings is 1. The van der Waals surface area contributed by atoms with E-state index < -0.39 is 12.1 Å². The van der Waals surface area contributed by atoms with Crippen molar-refractivity contribution < 1.29 is 14.3 Å². The van der Waals surface area contributed by atoms with Crippen LogP contribution in [0.2, 0.25) is 0 Å². The predicted octanol–water partition coefficient (Wildman–Crippen LogP) is 1.43. The summed E-state index contributed by atoms with van der Waals surface area (Å²) in [6.45, 7) is 5.93. The number of aromatic nitrogens is 4. The Balaban J connectivity index is 2.08. The minimum atomic E-state index is -0.642. The third-order valence-electron chi connectivity index (χ3n) is 4.11. The molecule has 0 radical (unpaired) electrons. The van der Waals surface area contributed by atoms with Gasteiger partial charge in [0.1, 0.15) is 17.7 Å². The lowest BCUT2D eigenvalue weighted by molar-refractivity contribution is -0.124. The van der Waals surface area contributed by atoms with E-state index in [0.717, 1.165) is 5.56 Å². The topological polar surface area (TPSA) is 92.9 Å². The fraction of sp³-hybridized carbons (Fsp3) is 0.529. The van der Waals surface area contributed by atoms with Crippen LogP contribution >= 0.6 is 0 Å². The van der Waals surface area contributed by atoms with Crippen LogP contribution in [-0.4, -0.2) is 43.9 Å². The molecular weight excluding hydrogens is 325 g/mol. The Hall–Kier alpha value is -2.35. The first-order chi connectivity index (χ1) is 11.9. The van der Waals surface area contributed by atoms with Crippen LogP contribution in [0.4, 0.5) is 4.39 Å². The van der Waals surface area contributed by atoms with Gasteiger partial charge in [0, 0.05) is 13.0 Å². The molecule has 8 heteroatoms. The smallest absolute Gasteiger partial charge is 0.245 e. The van der Waals surface area contributed by atoms with Crippen molar-refractivity contribution >= 4 is 5.91 Å². The number of hydrogen-bond acceptors (Lipinski definition) is 5. The van der Waals surface area contributed by atoms with E-state index in [1.807, 2.05) is 13.8 Å². The first kappa shape index (κ1) is 19.0. The van der Waals surface area contributed by atoms with E-state index in [1.165, 1.54) is 16.8 Å². The Kier molecular flexibility index (Phi) is 6.58. The number of aliphatic hydroxyl groups excluding tert-OH is 1. The molecule has 2 N–H and O–H groups in total. The molecule has 1 amide bonds. The summed E-state index contributed by atoms with van der Waals surface area (Å²) in [6, 6.07) is 5.35. The molecule has 0 spiro atoms. The maximum absolute atomic E-state index is 13.1. The van der Waals surface area contributed by atoms with E-state index in [4.69, 9.17) is 0 Å². The van der Waals surface area contributed by atoms with Crippen LogP contribution in [0.15, 0.2) is 24.3 Å². The number of carbonyl (C=O) groups excluding carboxylic acids is 1. The lowest BCUT2D eigenvalue weighted by Crippen LogP contribution is -2.36. The number of aryl methyl sites for hydroxylation is 1. The fourth-order valence-electron chi connectivity index (χ4n) is 2.45. The van der Waals surface area contributed by atoms with Crippen molar-refractivity contribution in [3.63, 3.8) is 0 Å². The lowest BCUT2D eigenvalue weighted by Gasteiger charge is -2.19. The van der Waals surface area contributed by atoms with Gasteiger partial charge in [-0.05, 0) is 47.4 Å². The van der Waals surface area contributed by atoms with Crippen LogP contribution < -0.4 is 5.32 Å². The molecule has 1 aromatic heterocycles. The average molecular weight is 349 g/mol. The molecule has 1 heterocycles. The minimum absolute atomic E-state index is 0.133. The van der Waals surface area contributed by atoms with Crippen LogP contribution in [0.5, 0.6) is 0 Å². The Morgan fingerprint density at radius 2 is 2.00 bits per heavy atom. The molecule has 0 fully saturated rings. The van der Waals surface area contributed by atoms with Crippen molar-refractivity contribution in [1.82, 2.24) is 25.5 Å². The second-order valence-electron chi connectivity index (χ2n) is 6.41. The van der Waals surface area contributed by atoms with Crippen molar-refractivity contribution in [2.75, 3.05) is 6.54 Å². The number of hydrogen-bond donors (Lipinski definition) is 2. The molecule has 2 rings (SSSR count). The number of nitrogens with one attached hydrogen (secondary N) is 1. The zero-order chi connectivity index (χ0) is 18.4. The van der Waals surface area contributed by atoms with E-state index >= 15 is 0 Å². The Bertz CT molecular complexity index is 687. The highest BCUT2D eigenvalue weighted by Gasteiger charge is 2.24. The van der Waals surface area contributed by atoms with Gasteiger partial charge in [-0.15, -0.1) is 5.10 Å². The Morgan fingerprint density at radius 1 is 1.32 bits per heavy atom. The summed E-state index contributed by atoms with van der Waals surface area (Å²) < 4.78 is 14.5. The summed E-state index contributed by atoms with van der Waals surface area (Å²) in [6.07, 6.45) is 0.344. The van der Waals surface area contributed by atoms with Crippen molar-refractivity contribution in [3.8, 4) is 0 Å². The SMILES string of the molecule is Cc1nnnn1C(Cc1ccc(F)cc1)C(=O)NCCC(O)C(C)C. The van der Waals surface area contributed by atoms with Gasteiger partial charge in [-0.3, -0.25) is 4.79 Å². The molecule has 0 saturated heterocycles. The number of benzene rings is 1. The second kappa shape index (κ2) is 8.66. The van der Waals surface area contributed by atoms with E-state index in [9.17, 15) is 14.3 Å². The van der Waals surface area contributed by atoms with Crippen LogP contribution in [0.3, 0.4) is 0 Å². The summed E-state index contributed by atoms with van der Waals surface area (Å²) in [5.74, 6) is 0.0832. The highest BCUT2D eigenvalue weighted by atomic mass is 19.1. The normalized spacial score (nSPS) is 13.7. The van der Waals surface area contributed by atoms with Crippen LogP contribution in [0.25, 0.3) is 0 Å². The minimum Gasteiger partial charge on any atom is -0.393 e. The van der Waals surface area contributed by atoms with Crippen molar-refractivity contribution in [1.29, 1.82) is 0 Å². The summed E-state index contributed by atoms with van der Waals surface area (Å²) >= 11 is 0. The van der Waals surface area contributed by atoms with E-state index in [2.05, 4.69) is 20.8 Å². The van der Waals surface area contributed by atoms with Crippen molar-refractivity contribution in [2.24, 2.45) is 5.92 Å². The maximum atomic E-state index is 13.1. The van der Waals surface area contributed by atoms with Gasteiger partial charge < -0.3 is 10.4 Å². The molecule has 0 saturated carbocycles. The van der Waals surface area contributed by atoms with Crippen molar-refractivity contribution in [2.45, 2.75) is 45.8 Å². The third kappa shape index (κ3) is 5.32. The molecule has 2 unspecified atom stereocenters. The number of halogens is 1. The van der Waals surface area contributed by atoms with Gasteiger partial charge in [-0.2, -0.15) is 0 Å². The van der Waals surface area contributed by atoms with Gasteiger partial charge in [-0.1, -0.05) is 26.0 Å². The summed E-state index contributed by atoms with van der Waals surface area (Å²) in [7, 11) is 0. The third-order valence-corrected chi connectivity index (χ3v) is 4.11. The molecule has 136 valence electrons. The Labute approximate surface area is 146 Å². The van der Waals surface area contributed by atoms with Crippen LogP contribution in [-0.2, 0) is 11.2 Å². The van der Waals surface area contributed by atoms with Gasteiger partial charge in [0.15, 0.2) is 0 Å². The zero-order valence-corrected chi connectivity index (χ0v) is 14.7. The quantitative estimate of drug-likeness (QED) is 0.752. The average Bonchev–Trinajstić information content (AvgIpc) is 2.99. The standard InChI is InChI=1S/C17H24FN5O2/c1-11(2)16(24)8-9-19-17(25)15(23-12(3)20-21-22-23)10-13-4-6-14(18)7-5-13/h4-7,11,15-16,24H,8-10H2,1-3H3,(H,19,25). The number of amides is 1. The molecule has 2 aromatic rings. The molecule has 0 aliphatic heterocycles. The molecular formula is C17H24FN5O2. The highest BCUT2D eigenvalue weighted by molar-refractivity contribution is 5.80. The zero-order valence-electron chi connectivity index (χ0n) is 14.7. The van der Waals surface area contributed by atoms with Gasteiger partial charge >= 0.3 is 0 Å². The molecule has 1 aromatic carbocycles. The lowest BCUT2D eigenvalue weighted by atomic mass is 10.0. The molecule has 0 aliphatic carbocycles. The molecule has 7 nitrogen and oxygen atoms in total. The first-order valence-corrected chi connectivity index (χ1v) is 8.33. The monoisotopic (exact) mass is 349 g/mol. The summed E-state index contributed by atoms with van der Waals surface area (Å²) in [5, 5.41) is 24.0. The molecule has 25 heavy (non-hydrogen) atoms. The Morgan fingerprint density at radius 3 is 2.56 bits per heavy atom. The number of carbonyl (C=O) groups is 1.